The Morgan fingerprint density at radius 2 is 1.68 bits per heavy atom. The second kappa shape index (κ2) is 10.4. The Hall–Kier alpha value is -4.06. The largest absolute Gasteiger partial charge is 0.493 e. The predicted molar refractivity (Wildman–Crippen MR) is 147 cm³/mol. The fourth-order valence-electron chi connectivity index (χ4n) is 5.74. The zero-order chi connectivity index (χ0) is 27.0. The summed E-state index contributed by atoms with van der Waals surface area (Å²) in [6.07, 6.45) is 0.702. The van der Waals surface area contributed by atoms with Crippen LogP contribution in [0, 0.1) is 0 Å². The van der Waals surface area contributed by atoms with Gasteiger partial charge in [0.15, 0.2) is 17.3 Å². The highest BCUT2D eigenvalue weighted by atomic mass is 16.5. The summed E-state index contributed by atoms with van der Waals surface area (Å²) in [6.45, 7) is 5.56. The summed E-state index contributed by atoms with van der Waals surface area (Å²) in [5.41, 5.74) is 4.67. The van der Waals surface area contributed by atoms with E-state index in [1.807, 2.05) is 81.4 Å². The maximum Gasteiger partial charge on any atom is 0.337 e. The van der Waals surface area contributed by atoms with E-state index in [0.717, 1.165) is 27.6 Å². The standard InChI is InChI=1S/C32H33NO5/c1-18(2)38-32(35)29-19(3)33-25-15-22(21-13-14-27(36-4)28(17-21)37-5)16-26(34)31(25)30(29)24-12-8-10-20-9-6-7-11-23(20)24/h6-14,17-18,22,30,33H,15-16H2,1-5H3/t22-,30-/m1/s1. The Morgan fingerprint density at radius 1 is 0.947 bits per heavy atom. The van der Waals surface area contributed by atoms with Crippen LogP contribution < -0.4 is 14.8 Å². The number of benzene rings is 3. The molecule has 3 aromatic rings. The molecule has 0 aromatic heterocycles. The van der Waals surface area contributed by atoms with Crippen LogP contribution in [0.2, 0.25) is 0 Å². The molecule has 1 aliphatic heterocycles. The van der Waals surface area contributed by atoms with E-state index in [1.54, 1.807) is 14.2 Å². The van der Waals surface area contributed by atoms with E-state index in [-0.39, 0.29) is 17.8 Å². The van der Waals surface area contributed by atoms with Gasteiger partial charge in [-0.25, -0.2) is 4.79 Å². The van der Waals surface area contributed by atoms with Crippen LogP contribution in [0.25, 0.3) is 10.8 Å². The Labute approximate surface area is 223 Å². The van der Waals surface area contributed by atoms with Gasteiger partial charge in [-0.1, -0.05) is 48.5 Å². The van der Waals surface area contributed by atoms with Crippen molar-refractivity contribution in [3.05, 3.63) is 94.3 Å². The molecule has 196 valence electrons. The molecule has 0 saturated heterocycles. The number of carbonyl (C=O) groups excluding carboxylic acids is 2. The lowest BCUT2D eigenvalue weighted by atomic mass is 9.71. The highest BCUT2D eigenvalue weighted by Gasteiger charge is 2.42. The molecule has 0 unspecified atom stereocenters. The molecule has 2 atom stereocenters. The third-order valence-corrected chi connectivity index (χ3v) is 7.40. The lowest BCUT2D eigenvalue weighted by Crippen LogP contribution is -2.36. The van der Waals surface area contributed by atoms with E-state index in [9.17, 15) is 9.59 Å². The molecule has 6 nitrogen and oxygen atoms in total. The second-order valence-electron chi connectivity index (χ2n) is 10.2. The van der Waals surface area contributed by atoms with Crippen LogP contribution in [0.3, 0.4) is 0 Å². The van der Waals surface area contributed by atoms with Crippen molar-refractivity contribution in [1.29, 1.82) is 0 Å². The van der Waals surface area contributed by atoms with Crippen molar-refractivity contribution in [2.75, 3.05) is 14.2 Å². The normalized spacial score (nSPS) is 19.4. The second-order valence-corrected chi connectivity index (χ2v) is 10.2. The molecule has 0 spiro atoms. The van der Waals surface area contributed by atoms with Gasteiger partial charge in [-0.15, -0.1) is 0 Å². The fraction of sp³-hybridized carbons (Fsp3) is 0.312. The van der Waals surface area contributed by atoms with Crippen LogP contribution in [-0.4, -0.2) is 32.1 Å². The molecule has 3 aromatic carbocycles. The van der Waals surface area contributed by atoms with Gasteiger partial charge in [-0.05, 0) is 67.1 Å². The SMILES string of the molecule is COc1ccc([C@H]2CC(=O)C3=C(C2)NC(C)=C(C(=O)OC(C)C)[C@H]3c2cccc3ccccc23)cc1OC. The molecule has 1 N–H and O–H groups in total. The van der Waals surface area contributed by atoms with Crippen molar-refractivity contribution in [1.82, 2.24) is 5.32 Å². The van der Waals surface area contributed by atoms with E-state index in [1.165, 1.54) is 0 Å². The molecule has 1 heterocycles. The zero-order valence-corrected chi connectivity index (χ0v) is 22.5. The van der Waals surface area contributed by atoms with Gasteiger partial charge in [-0.3, -0.25) is 4.79 Å². The van der Waals surface area contributed by atoms with Gasteiger partial charge in [0.05, 0.1) is 25.9 Å². The molecule has 2 aliphatic rings. The number of rotatable bonds is 6. The van der Waals surface area contributed by atoms with E-state index >= 15 is 0 Å². The van der Waals surface area contributed by atoms with Crippen LogP contribution >= 0.6 is 0 Å². The Balaban J connectivity index is 1.63. The van der Waals surface area contributed by atoms with E-state index in [4.69, 9.17) is 14.2 Å². The van der Waals surface area contributed by atoms with Crippen LogP contribution in [-0.2, 0) is 14.3 Å². The number of ether oxygens (including phenoxy) is 3. The van der Waals surface area contributed by atoms with Crippen LogP contribution in [0.5, 0.6) is 11.5 Å². The molecule has 38 heavy (non-hydrogen) atoms. The van der Waals surface area contributed by atoms with Crippen LogP contribution in [0.1, 0.15) is 56.6 Å². The summed E-state index contributed by atoms with van der Waals surface area (Å²) in [5.74, 6) is 0.374. The van der Waals surface area contributed by atoms with Gasteiger partial charge in [-0.2, -0.15) is 0 Å². The van der Waals surface area contributed by atoms with E-state index < -0.39 is 11.9 Å². The third kappa shape index (κ3) is 4.55. The molecule has 0 bridgehead atoms. The van der Waals surface area contributed by atoms with Crippen molar-refractivity contribution < 1.29 is 23.8 Å². The number of Topliss-reactive ketones (excluding diaryl/α,β-unsaturated/α-hetero) is 1. The van der Waals surface area contributed by atoms with Gasteiger partial charge in [0, 0.05) is 29.3 Å². The molecular weight excluding hydrogens is 478 g/mol. The Morgan fingerprint density at radius 3 is 2.42 bits per heavy atom. The number of fused-ring (bicyclic) bond motifs is 1. The molecule has 0 radical (unpaired) electrons. The average molecular weight is 512 g/mol. The van der Waals surface area contributed by atoms with Crippen molar-refractivity contribution in [3.8, 4) is 11.5 Å². The summed E-state index contributed by atoms with van der Waals surface area (Å²) in [7, 11) is 3.22. The molecule has 0 saturated carbocycles. The number of hydrogen-bond acceptors (Lipinski definition) is 6. The fourth-order valence-corrected chi connectivity index (χ4v) is 5.74. The van der Waals surface area contributed by atoms with Crippen LogP contribution in [0.4, 0.5) is 0 Å². The first-order chi connectivity index (χ1) is 18.3. The van der Waals surface area contributed by atoms with Crippen molar-refractivity contribution >= 4 is 22.5 Å². The number of dihydropyridines is 1. The smallest absolute Gasteiger partial charge is 0.337 e. The quantitative estimate of drug-likeness (QED) is 0.399. The summed E-state index contributed by atoms with van der Waals surface area (Å²) < 4.78 is 16.6. The maximum atomic E-state index is 14.0. The summed E-state index contributed by atoms with van der Waals surface area (Å²) >= 11 is 0. The molecule has 6 heteroatoms. The van der Waals surface area contributed by atoms with Gasteiger partial charge in [0.25, 0.3) is 0 Å². The number of methoxy groups -OCH3 is 2. The minimum atomic E-state index is -0.512. The van der Waals surface area contributed by atoms with Crippen molar-refractivity contribution in [3.63, 3.8) is 0 Å². The van der Waals surface area contributed by atoms with Gasteiger partial charge < -0.3 is 19.5 Å². The lowest BCUT2D eigenvalue weighted by molar-refractivity contribution is -0.143. The van der Waals surface area contributed by atoms with E-state index in [2.05, 4.69) is 5.32 Å². The topological polar surface area (TPSA) is 73.9 Å². The first-order valence-corrected chi connectivity index (χ1v) is 13.0. The highest BCUT2D eigenvalue weighted by Crippen LogP contribution is 2.47. The predicted octanol–water partition coefficient (Wildman–Crippen LogP) is 6.17. The summed E-state index contributed by atoms with van der Waals surface area (Å²) in [6, 6.07) is 19.9. The number of esters is 1. The zero-order valence-electron chi connectivity index (χ0n) is 22.5. The minimum Gasteiger partial charge on any atom is -0.493 e. The minimum absolute atomic E-state index is 0.0267. The number of allylic oxidation sites excluding steroid dienone is 3. The van der Waals surface area contributed by atoms with E-state index in [0.29, 0.717) is 41.2 Å². The number of ketones is 1. The van der Waals surface area contributed by atoms with Crippen molar-refractivity contribution in [2.24, 2.45) is 0 Å². The highest BCUT2D eigenvalue weighted by molar-refractivity contribution is 6.05. The first kappa shape index (κ1) is 25.6. The summed E-state index contributed by atoms with van der Waals surface area (Å²) in [4.78, 5) is 27.4. The molecule has 0 amide bonds. The molecule has 1 aliphatic carbocycles. The number of hydrogen-bond donors (Lipinski definition) is 1. The molecule has 5 rings (SSSR count). The molecule has 0 fully saturated rings. The monoisotopic (exact) mass is 511 g/mol. The van der Waals surface area contributed by atoms with Gasteiger partial charge >= 0.3 is 5.97 Å². The first-order valence-electron chi connectivity index (χ1n) is 13.0. The maximum absolute atomic E-state index is 14.0. The number of nitrogens with one attached hydrogen (secondary N) is 1. The van der Waals surface area contributed by atoms with Crippen molar-refractivity contribution in [2.45, 2.75) is 51.6 Å². The average Bonchev–Trinajstić information content (AvgIpc) is 2.90. The Kier molecular flexibility index (Phi) is 6.98. The van der Waals surface area contributed by atoms with Gasteiger partial charge in [0.1, 0.15) is 0 Å². The Bertz CT molecular complexity index is 1480. The molecular formula is C32H33NO5. The lowest BCUT2D eigenvalue weighted by Gasteiger charge is -2.37. The number of carbonyl (C=O) groups is 2. The third-order valence-electron chi connectivity index (χ3n) is 7.40. The van der Waals surface area contributed by atoms with Crippen LogP contribution in [0.15, 0.2) is 83.2 Å². The van der Waals surface area contributed by atoms with Gasteiger partial charge in [0.2, 0.25) is 0 Å². The summed E-state index contributed by atoms with van der Waals surface area (Å²) in [5, 5.41) is 5.51.